The molecule has 2 heterocycles. The third-order valence-electron chi connectivity index (χ3n) is 4.83. The van der Waals surface area contributed by atoms with Crippen molar-refractivity contribution in [1.82, 2.24) is 13.7 Å². The number of rotatable bonds is 8. The summed E-state index contributed by atoms with van der Waals surface area (Å²) >= 11 is 1.38. The molecular weight excluding hydrogens is 396 g/mol. The predicted octanol–water partition coefficient (Wildman–Crippen LogP) is 2.78. The average Bonchev–Trinajstić information content (AvgIpc) is 3.00. The number of unbranched alkanes of at least 4 members (excludes halogenated alkanes) is 1. The van der Waals surface area contributed by atoms with Crippen LogP contribution in [0.1, 0.15) is 37.6 Å². The minimum Gasteiger partial charge on any atom is -0.497 e. The molecule has 0 atom stereocenters. The molecule has 0 aliphatic carbocycles. The van der Waals surface area contributed by atoms with Gasteiger partial charge in [0.2, 0.25) is 15.2 Å². The largest absolute Gasteiger partial charge is 0.497 e. The Balaban J connectivity index is 1.62. The first-order chi connectivity index (χ1) is 13.5. The molecule has 0 saturated carbocycles. The van der Waals surface area contributed by atoms with Gasteiger partial charge in [0.15, 0.2) is 0 Å². The van der Waals surface area contributed by atoms with Crippen LogP contribution in [0.25, 0.3) is 0 Å². The van der Waals surface area contributed by atoms with E-state index in [2.05, 4.69) is 14.3 Å². The van der Waals surface area contributed by atoms with Crippen LogP contribution in [0.2, 0.25) is 0 Å². The van der Waals surface area contributed by atoms with Crippen molar-refractivity contribution in [3.05, 3.63) is 35.7 Å². The molecule has 1 aliphatic heterocycles. The Labute approximate surface area is 171 Å². The van der Waals surface area contributed by atoms with E-state index in [9.17, 15) is 8.42 Å². The van der Waals surface area contributed by atoms with Crippen LogP contribution in [0.4, 0.5) is 5.13 Å². The van der Waals surface area contributed by atoms with Crippen molar-refractivity contribution in [2.24, 2.45) is 0 Å². The fourth-order valence-corrected chi connectivity index (χ4v) is 5.64. The number of sulfonamides is 1. The molecule has 0 spiro atoms. The van der Waals surface area contributed by atoms with Crippen LogP contribution in [-0.4, -0.2) is 61.1 Å². The second-order valence-corrected chi connectivity index (χ2v) is 9.75. The zero-order valence-electron chi connectivity index (χ0n) is 16.5. The van der Waals surface area contributed by atoms with E-state index in [4.69, 9.17) is 4.74 Å². The first-order valence-electron chi connectivity index (χ1n) is 9.70. The standard InChI is InChI=1S/C19H28N4O3S2/c1-3-4-13-28(24,25)23-10-6-9-22(11-12-23)19-20-18(21-27-19)15-16-7-5-8-17(14-16)26-2/h5,7-8,14H,3-4,6,9-13,15H2,1-2H3. The maximum absolute atomic E-state index is 12.5. The van der Waals surface area contributed by atoms with Crippen LogP contribution in [-0.2, 0) is 16.4 Å². The highest BCUT2D eigenvalue weighted by Crippen LogP contribution is 2.22. The number of aromatic nitrogens is 2. The zero-order valence-corrected chi connectivity index (χ0v) is 18.1. The molecule has 1 aromatic carbocycles. The number of benzene rings is 1. The van der Waals surface area contributed by atoms with E-state index in [-0.39, 0.29) is 5.75 Å². The van der Waals surface area contributed by atoms with E-state index in [1.165, 1.54) is 11.5 Å². The fraction of sp³-hybridized carbons (Fsp3) is 0.579. The molecule has 0 N–H and O–H groups in total. The van der Waals surface area contributed by atoms with Crippen molar-refractivity contribution < 1.29 is 13.2 Å². The lowest BCUT2D eigenvalue weighted by atomic mass is 10.1. The van der Waals surface area contributed by atoms with Crippen LogP contribution < -0.4 is 9.64 Å². The predicted molar refractivity (Wildman–Crippen MR) is 113 cm³/mol. The van der Waals surface area contributed by atoms with Gasteiger partial charge in [-0.2, -0.15) is 4.37 Å². The van der Waals surface area contributed by atoms with Crippen molar-refractivity contribution in [1.29, 1.82) is 0 Å². The Kier molecular flexibility index (Phi) is 7.25. The van der Waals surface area contributed by atoms with E-state index in [1.54, 1.807) is 11.4 Å². The summed E-state index contributed by atoms with van der Waals surface area (Å²) in [5.41, 5.74) is 1.10. The number of nitrogens with zero attached hydrogens (tertiary/aromatic N) is 4. The Bertz CT molecular complexity index is 870. The van der Waals surface area contributed by atoms with Gasteiger partial charge >= 0.3 is 0 Å². The minimum atomic E-state index is -3.15. The van der Waals surface area contributed by atoms with E-state index >= 15 is 0 Å². The Hall–Kier alpha value is -1.71. The Morgan fingerprint density at radius 2 is 2.07 bits per heavy atom. The summed E-state index contributed by atoms with van der Waals surface area (Å²) in [6.45, 7) is 4.56. The number of hydrogen-bond acceptors (Lipinski definition) is 7. The SMILES string of the molecule is CCCCS(=O)(=O)N1CCCN(c2nc(Cc3cccc(OC)c3)ns2)CC1. The first kappa shape index (κ1) is 21.0. The number of methoxy groups -OCH3 is 1. The van der Waals surface area contributed by atoms with Crippen LogP contribution >= 0.6 is 11.5 Å². The van der Waals surface area contributed by atoms with Gasteiger partial charge < -0.3 is 9.64 Å². The van der Waals surface area contributed by atoms with E-state index < -0.39 is 10.0 Å². The second-order valence-electron chi connectivity index (χ2n) is 6.93. The van der Waals surface area contributed by atoms with Crippen LogP contribution in [0.15, 0.2) is 24.3 Å². The molecule has 1 saturated heterocycles. The van der Waals surface area contributed by atoms with Gasteiger partial charge in [-0.25, -0.2) is 17.7 Å². The van der Waals surface area contributed by atoms with Gasteiger partial charge in [0.05, 0.1) is 12.9 Å². The third-order valence-corrected chi connectivity index (χ3v) is 7.60. The topological polar surface area (TPSA) is 75.6 Å². The van der Waals surface area contributed by atoms with Crippen LogP contribution in [0.3, 0.4) is 0 Å². The molecule has 9 heteroatoms. The maximum Gasteiger partial charge on any atom is 0.214 e. The van der Waals surface area contributed by atoms with Crippen molar-refractivity contribution in [2.45, 2.75) is 32.6 Å². The highest BCUT2D eigenvalue weighted by Gasteiger charge is 2.25. The summed E-state index contributed by atoms with van der Waals surface area (Å²) in [6.07, 6.45) is 3.06. The molecule has 1 fully saturated rings. The van der Waals surface area contributed by atoms with Crippen molar-refractivity contribution in [3.63, 3.8) is 0 Å². The van der Waals surface area contributed by atoms with E-state index in [0.29, 0.717) is 32.5 Å². The second kappa shape index (κ2) is 9.67. The zero-order chi connectivity index (χ0) is 20.0. The van der Waals surface area contributed by atoms with Gasteiger partial charge in [-0.1, -0.05) is 25.5 Å². The molecule has 0 bridgehead atoms. The summed E-state index contributed by atoms with van der Waals surface area (Å²) in [6, 6.07) is 7.91. The van der Waals surface area contributed by atoms with Crippen molar-refractivity contribution >= 4 is 26.7 Å². The number of hydrogen-bond donors (Lipinski definition) is 0. The van der Waals surface area contributed by atoms with Crippen molar-refractivity contribution in [3.8, 4) is 5.75 Å². The lowest BCUT2D eigenvalue weighted by Crippen LogP contribution is -2.36. The van der Waals surface area contributed by atoms with Gasteiger partial charge in [0.1, 0.15) is 11.6 Å². The quantitative estimate of drug-likeness (QED) is 0.649. The summed E-state index contributed by atoms with van der Waals surface area (Å²) in [5.74, 6) is 1.85. The first-order valence-corrected chi connectivity index (χ1v) is 12.1. The number of ether oxygens (including phenoxy) is 1. The highest BCUT2D eigenvalue weighted by atomic mass is 32.2. The molecule has 1 aliphatic rings. The van der Waals surface area contributed by atoms with E-state index in [0.717, 1.165) is 41.7 Å². The molecule has 7 nitrogen and oxygen atoms in total. The van der Waals surface area contributed by atoms with Crippen molar-refractivity contribution in [2.75, 3.05) is 43.9 Å². The molecule has 2 aromatic rings. The fourth-order valence-electron chi connectivity index (χ4n) is 3.23. The van der Waals surface area contributed by atoms with E-state index in [1.807, 2.05) is 31.2 Å². The Morgan fingerprint density at radius 3 is 2.86 bits per heavy atom. The lowest BCUT2D eigenvalue weighted by molar-refractivity contribution is 0.414. The van der Waals surface area contributed by atoms with Crippen LogP contribution in [0.5, 0.6) is 5.75 Å². The monoisotopic (exact) mass is 424 g/mol. The van der Waals surface area contributed by atoms with Gasteiger partial charge in [-0.15, -0.1) is 0 Å². The molecule has 1 aromatic heterocycles. The van der Waals surface area contributed by atoms with Gasteiger partial charge in [0, 0.05) is 44.1 Å². The van der Waals surface area contributed by atoms with Gasteiger partial charge in [0.25, 0.3) is 0 Å². The van der Waals surface area contributed by atoms with Crippen LogP contribution in [0, 0.1) is 0 Å². The van der Waals surface area contributed by atoms with Gasteiger partial charge in [-0.3, -0.25) is 0 Å². The molecule has 28 heavy (non-hydrogen) atoms. The van der Waals surface area contributed by atoms with Gasteiger partial charge in [-0.05, 0) is 30.5 Å². The molecular formula is C19H28N4O3S2. The number of anilines is 1. The highest BCUT2D eigenvalue weighted by molar-refractivity contribution is 7.89. The molecule has 0 unspecified atom stereocenters. The normalized spacial score (nSPS) is 16.1. The Morgan fingerprint density at radius 1 is 1.21 bits per heavy atom. The summed E-state index contributed by atoms with van der Waals surface area (Å²) in [4.78, 5) is 6.84. The summed E-state index contributed by atoms with van der Waals surface area (Å²) in [5, 5.41) is 0.866. The molecule has 0 radical (unpaired) electrons. The lowest BCUT2D eigenvalue weighted by Gasteiger charge is -2.21. The molecule has 0 amide bonds. The summed E-state index contributed by atoms with van der Waals surface area (Å²) in [7, 11) is -1.50. The maximum atomic E-state index is 12.5. The summed E-state index contributed by atoms with van der Waals surface area (Å²) < 4.78 is 36.3. The third kappa shape index (κ3) is 5.42. The molecule has 154 valence electrons. The minimum absolute atomic E-state index is 0.243. The average molecular weight is 425 g/mol. The smallest absolute Gasteiger partial charge is 0.214 e. The molecule has 3 rings (SSSR count).